The van der Waals surface area contributed by atoms with E-state index in [4.69, 9.17) is 9.84 Å². The molecule has 0 spiro atoms. The molecule has 0 rings (SSSR count). The lowest BCUT2D eigenvalue weighted by molar-refractivity contribution is -0.157. The minimum absolute atomic E-state index is 0.0562. The van der Waals surface area contributed by atoms with Gasteiger partial charge in [0.2, 0.25) is 0 Å². The number of alkyl carbamates (subject to hydrolysis) is 1. The van der Waals surface area contributed by atoms with Crippen LogP contribution in [0.15, 0.2) is 0 Å². The molecule has 0 saturated carbocycles. The van der Waals surface area contributed by atoms with Gasteiger partial charge in [0.25, 0.3) is 0 Å². The molecular formula is C11H19NO6. The van der Waals surface area contributed by atoms with Gasteiger partial charge >= 0.3 is 18.0 Å². The second kappa shape index (κ2) is 6.83. The third-order valence-corrected chi connectivity index (χ3v) is 1.82. The summed E-state index contributed by atoms with van der Waals surface area (Å²) >= 11 is 0. The number of carbonyl (C=O) groups is 3. The van der Waals surface area contributed by atoms with Crippen molar-refractivity contribution in [2.45, 2.75) is 45.3 Å². The zero-order valence-corrected chi connectivity index (χ0v) is 11.0. The van der Waals surface area contributed by atoms with Gasteiger partial charge in [0.15, 0.2) is 0 Å². The van der Waals surface area contributed by atoms with Crippen molar-refractivity contribution in [1.29, 1.82) is 0 Å². The molecule has 0 bridgehead atoms. The molecular weight excluding hydrogens is 242 g/mol. The largest absolute Gasteiger partial charge is 0.481 e. The number of amides is 1. The van der Waals surface area contributed by atoms with Crippen LogP contribution in [0.5, 0.6) is 0 Å². The van der Waals surface area contributed by atoms with Crippen LogP contribution in [0.4, 0.5) is 4.79 Å². The van der Waals surface area contributed by atoms with Crippen LogP contribution in [0.3, 0.4) is 0 Å². The van der Waals surface area contributed by atoms with Crippen molar-refractivity contribution in [3.05, 3.63) is 0 Å². The van der Waals surface area contributed by atoms with Crippen molar-refractivity contribution in [3.8, 4) is 0 Å². The molecule has 0 aromatic carbocycles. The molecule has 7 nitrogen and oxygen atoms in total. The maximum absolute atomic E-state index is 11.7. The lowest BCUT2D eigenvalue weighted by atomic mass is 10.1. The second-order valence-corrected chi connectivity index (χ2v) is 4.65. The first kappa shape index (κ1) is 16.2. The number of rotatable bonds is 5. The van der Waals surface area contributed by atoms with Gasteiger partial charge in [0.05, 0.1) is 7.11 Å². The summed E-state index contributed by atoms with van der Waals surface area (Å²) < 4.78 is 9.44. The fourth-order valence-electron chi connectivity index (χ4n) is 1.09. The zero-order valence-electron chi connectivity index (χ0n) is 11.0. The summed E-state index contributed by atoms with van der Waals surface area (Å²) in [6, 6.07) is -1.03. The van der Waals surface area contributed by atoms with Gasteiger partial charge in [-0.25, -0.2) is 9.59 Å². The topological polar surface area (TPSA) is 102 Å². The summed E-state index contributed by atoms with van der Waals surface area (Å²) in [6.07, 6.45) is -1.12. The molecule has 1 amide bonds. The van der Waals surface area contributed by atoms with Crippen LogP contribution in [-0.2, 0) is 19.1 Å². The van der Waals surface area contributed by atoms with Crippen molar-refractivity contribution in [1.82, 2.24) is 5.32 Å². The molecule has 0 aliphatic carbocycles. The van der Waals surface area contributed by atoms with E-state index in [2.05, 4.69) is 10.1 Å². The summed E-state index contributed by atoms with van der Waals surface area (Å²) in [5, 5.41) is 10.8. The highest BCUT2D eigenvalue weighted by atomic mass is 16.6. The van der Waals surface area contributed by atoms with Crippen molar-refractivity contribution in [3.63, 3.8) is 0 Å². The van der Waals surface area contributed by atoms with E-state index in [1.807, 2.05) is 0 Å². The number of carbonyl (C=O) groups excluding carboxylic acids is 2. The molecule has 2 N–H and O–H groups in total. The number of methoxy groups -OCH3 is 1. The number of hydrogen-bond acceptors (Lipinski definition) is 5. The van der Waals surface area contributed by atoms with E-state index < -0.39 is 29.7 Å². The maximum Gasteiger partial charge on any atom is 0.407 e. The SMILES string of the molecule is COC(=O)N[C@@H](CCC(=O)O)C(=O)OC(C)(C)C. The van der Waals surface area contributed by atoms with Crippen molar-refractivity contribution in [2.75, 3.05) is 7.11 Å². The Hall–Kier alpha value is -1.79. The van der Waals surface area contributed by atoms with Crippen LogP contribution in [-0.4, -0.2) is 41.9 Å². The Bertz CT molecular complexity index is 320. The van der Waals surface area contributed by atoms with Crippen LogP contribution in [0, 0.1) is 0 Å². The molecule has 0 saturated heterocycles. The van der Waals surface area contributed by atoms with Gasteiger partial charge in [-0.05, 0) is 27.2 Å². The molecule has 0 aromatic rings. The van der Waals surface area contributed by atoms with Gasteiger partial charge in [0.1, 0.15) is 11.6 Å². The maximum atomic E-state index is 11.7. The minimum Gasteiger partial charge on any atom is -0.481 e. The molecule has 0 heterocycles. The molecule has 0 aliphatic heterocycles. The Balaban J connectivity index is 4.58. The smallest absolute Gasteiger partial charge is 0.407 e. The van der Waals surface area contributed by atoms with Crippen LogP contribution in [0.2, 0.25) is 0 Å². The Morgan fingerprint density at radius 3 is 2.22 bits per heavy atom. The molecule has 0 fully saturated rings. The lowest BCUT2D eigenvalue weighted by Gasteiger charge is -2.23. The first-order valence-electron chi connectivity index (χ1n) is 5.45. The molecule has 1 atom stereocenters. The average Bonchev–Trinajstić information content (AvgIpc) is 2.20. The Kier molecular flexibility index (Phi) is 6.15. The van der Waals surface area contributed by atoms with Gasteiger partial charge < -0.3 is 19.9 Å². The number of carboxylic acids is 1. The van der Waals surface area contributed by atoms with Gasteiger partial charge in [-0.15, -0.1) is 0 Å². The summed E-state index contributed by atoms with van der Waals surface area (Å²) in [4.78, 5) is 33.3. The van der Waals surface area contributed by atoms with Gasteiger partial charge in [-0.1, -0.05) is 0 Å². The second-order valence-electron chi connectivity index (χ2n) is 4.65. The lowest BCUT2D eigenvalue weighted by Crippen LogP contribution is -2.44. The van der Waals surface area contributed by atoms with Crippen molar-refractivity contribution < 1.29 is 29.0 Å². The molecule has 7 heteroatoms. The Morgan fingerprint density at radius 2 is 1.83 bits per heavy atom. The summed E-state index contributed by atoms with van der Waals surface area (Å²) in [7, 11) is 1.15. The van der Waals surface area contributed by atoms with E-state index in [0.29, 0.717) is 0 Å². The number of esters is 1. The molecule has 18 heavy (non-hydrogen) atoms. The van der Waals surface area contributed by atoms with Crippen LogP contribution < -0.4 is 5.32 Å². The number of hydrogen-bond donors (Lipinski definition) is 2. The highest BCUT2D eigenvalue weighted by Crippen LogP contribution is 2.11. The number of carboxylic acid groups (broad SMARTS) is 1. The number of aliphatic carboxylic acids is 1. The quantitative estimate of drug-likeness (QED) is 0.713. The molecule has 0 aromatic heterocycles. The highest BCUT2D eigenvalue weighted by Gasteiger charge is 2.27. The first-order chi connectivity index (χ1) is 8.15. The van der Waals surface area contributed by atoms with Gasteiger partial charge in [-0.3, -0.25) is 4.79 Å². The third-order valence-electron chi connectivity index (χ3n) is 1.82. The number of nitrogens with one attached hydrogen (secondary N) is 1. The molecule has 0 unspecified atom stereocenters. The minimum atomic E-state index is -1.06. The van der Waals surface area contributed by atoms with E-state index >= 15 is 0 Å². The predicted octanol–water partition coefficient (Wildman–Crippen LogP) is 0.917. The van der Waals surface area contributed by atoms with Crippen molar-refractivity contribution >= 4 is 18.0 Å². The summed E-state index contributed by atoms with van der Waals surface area (Å²) in [5.74, 6) is -1.75. The number of ether oxygens (including phenoxy) is 2. The van der Waals surface area contributed by atoms with Crippen LogP contribution in [0.25, 0.3) is 0 Å². The van der Waals surface area contributed by atoms with E-state index in [1.54, 1.807) is 20.8 Å². The molecule has 0 radical (unpaired) electrons. The van der Waals surface area contributed by atoms with E-state index in [1.165, 1.54) is 0 Å². The predicted molar refractivity (Wildman–Crippen MR) is 62.0 cm³/mol. The first-order valence-corrected chi connectivity index (χ1v) is 5.45. The zero-order chi connectivity index (χ0) is 14.3. The van der Waals surface area contributed by atoms with Crippen molar-refractivity contribution in [2.24, 2.45) is 0 Å². The Labute approximate surface area is 105 Å². The van der Waals surface area contributed by atoms with E-state index in [9.17, 15) is 14.4 Å². The van der Waals surface area contributed by atoms with E-state index in [0.717, 1.165) is 7.11 Å². The highest BCUT2D eigenvalue weighted by molar-refractivity contribution is 5.82. The van der Waals surface area contributed by atoms with Gasteiger partial charge in [0, 0.05) is 6.42 Å². The van der Waals surface area contributed by atoms with E-state index in [-0.39, 0.29) is 12.8 Å². The fourth-order valence-corrected chi connectivity index (χ4v) is 1.09. The van der Waals surface area contributed by atoms with Crippen LogP contribution in [0.1, 0.15) is 33.6 Å². The monoisotopic (exact) mass is 261 g/mol. The third kappa shape index (κ3) is 7.48. The summed E-state index contributed by atoms with van der Waals surface area (Å²) in [5.41, 5.74) is -0.712. The Morgan fingerprint density at radius 1 is 1.28 bits per heavy atom. The molecule has 0 aliphatic rings. The fraction of sp³-hybridized carbons (Fsp3) is 0.727. The van der Waals surface area contributed by atoms with Gasteiger partial charge in [-0.2, -0.15) is 0 Å². The molecule has 104 valence electrons. The summed E-state index contributed by atoms with van der Waals surface area (Å²) in [6.45, 7) is 5.03. The standard InChI is InChI=1S/C11H19NO6/c1-11(2,3)18-9(15)7(5-6-8(13)14)12-10(16)17-4/h7H,5-6H2,1-4H3,(H,12,16)(H,13,14)/t7-/m0/s1. The average molecular weight is 261 g/mol. The normalized spacial score (nSPS) is 12.4. The van der Waals surface area contributed by atoms with Crippen LogP contribution >= 0.6 is 0 Å².